The Labute approximate surface area is 393 Å². The Morgan fingerprint density at radius 3 is 1.40 bits per heavy atom. The minimum Gasteiger partial charge on any atom is -0.494 e. The molecule has 1 saturated heterocycles. The highest BCUT2D eigenvalue weighted by Gasteiger charge is 2.37. The average Bonchev–Trinajstić information content (AvgIpc) is 3.34. The summed E-state index contributed by atoms with van der Waals surface area (Å²) in [5.74, 6) is -1.22. The Hall–Kier alpha value is -6.87. The van der Waals surface area contributed by atoms with Gasteiger partial charge in [-0.25, -0.2) is 19.2 Å². The van der Waals surface area contributed by atoms with E-state index in [4.69, 9.17) is 33.2 Å². The highest BCUT2D eigenvalue weighted by atomic mass is 19.4. The SMILES string of the molecule is CCCCCCOc1ccc(OC(=O)c2ccc(C(=O)OC[C@H]3O[C@@H](c4ccc(OC(F)(F)F)cc4)CC[C@@H]3OC(=O)c3ccc(C(=O)Oc4ccc(OCCCCCC)cc4)cc3)cc2)cc1. The number of alkyl halides is 3. The molecule has 1 heterocycles. The van der Waals surface area contributed by atoms with E-state index in [2.05, 4.69) is 18.6 Å². The fraction of sp³-hybridized carbons (Fsp3) is 0.358. The molecule has 0 unspecified atom stereocenters. The van der Waals surface area contributed by atoms with Crippen LogP contribution >= 0.6 is 0 Å². The molecule has 3 atom stereocenters. The van der Waals surface area contributed by atoms with Crippen molar-refractivity contribution >= 4 is 23.9 Å². The van der Waals surface area contributed by atoms with Crippen molar-refractivity contribution in [3.05, 3.63) is 149 Å². The summed E-state index contributed by atoms with van der Waals surface area (Å²) >= 11 is 0. The van der Waals surface area contributed by atoms with Crippen LogP contribution in [0.2, 0.25) is 0 Å². The second-order valence-electron chi connectivity index (χ2n) is 16.1. The summed E-state index contributed by atoms with van der Waals surface area (Å²) in [6, 6.07) is 30.0. The lowest BCUT2D eigenvalue weighted by Gasteiger charge is -2.36. The maximum atomic E-state index is 13.5. The van der Waals surface area contributed by atoms with Crippen LogP contribution in [0.15, 0.2) is 121 Å². The van der Waals surface area contributed by atoms with Crippen molar-refractivity contribution in [2.45, 2.75) is 103 Å². The molecular weight excluding hydrogens is 886 g/mol. The molecule has 68 heavy (non-hydrogen) atoms. The van der Waals surface area contributed by atoms with E-state index < -0.39 is 54.3 Å². The molecule has 0 spiro atoms. The zero-order chi connectivity index (χ0) is 48.3. The number of esters is 4. The largest absolute Gasteiger partial charge is 0.573 e. The molecule has 0 N–H and O–H groups in total. The monoisotopic (exact) mass is 940 g/mol. The highest BCUT2D eigenvalue weighted by Crippen LogP contribution is 2.35. The zero-order valence-corrected chi connectivity index (χ0v) is 38.0. The number of hydrogen-bond acceptors (Lipinski definition) is 12. The fourth-order valence-corrected chi connectivity index (χ4v) is 7.19. The van der Waals surface area contributed by atoms with Crippen molar-refractivity contribution in [3.63, 3.8) is 0 Å². The van der Waals surface area contributed by atoms with E-state index in [0.29, 0.717) is 48.2 Å². The van der Waals surface area contributed by atoms with Gasteiger partial charge in [-0.3, -0.25) is 0 Å². The van der Waals surface area contributed by atoms with Crippen molar-refractivity contribution in [1.82, 2.24) is 0 Å². The summed E-state index contributed by atoms with van der Waals surface area (Å²) in [6.07, 6.45) is 1.75. The number of halogens is 3. The number of carbonyl (C=O) groups is 4. The standard InChI is InChI=1S/C53H55F3O12/c1-3-5-7-9-33-61-41-23-27-43(28-24-41)64-50(58)38-13-11-37(12-14-38)49(57)63-35-48-47(32-31-46(66-48)36-19-21-45(22-20-36)68-53(54,55)56)67-52(60)40-17-15-39(16-18-40)51(59)65-44-29-25-42(26-30-44)62-34-10-8-6-4-2/h11-30,46-48H,3-10,31-35H2,1-2H3/t46-,47+,48-/m1/s1. The van der Waals surface area contributed by atoms with Gasteiger partial charge in [-0.1, -0.05) is 64.5 Å². The van der Waals surface area contributed by atoms with E-state index in [0.717, 1.165) is 63.5 Å². The van der Waals surface area contributed by atoms with E-state index >= 15 is 0 Å². The predicted molar refractivity (Wildman–Crippen MR) is 244 cm³/mol. The third-order valence-electron chi connectivity index (χ3n) is 10.9. The summed E-state index contributed by atoms with van der Waals surface area (Å²) in [5, 5.41) is 0. The predicted octanol–water partition coefficient (Wildman–Crippen LogP) is 12.2. The van der Waals surface area contributed by atoms with Gasteiger partial charge < -0.3 is 37.9 Å². The molecule has 5 aromatic rings. The normalized spacial score (nSPS) is 15.7. The first-order valence-electron chi connectivity index (χ1n) is 22.9. The molecule has 0 saturated carbocycles. The van der Waals surface area contributed by atoms with Gasteiger partial charge in [0.25, 0.3) is 0 Å². The molecule has 1 aliphatic heterocycles. The van der Waals surface area contributed by atoms with Crippen molar-refractivity contribution in [2.75, 3.05) is 19.8 Å². The van der Waals surface area contributed by atoms with Crippen LogP contribution in [0.25, 0.3) is 0 Å². The fourth-order valence-electron chi connectivity index (χ4n) is 7.19. The Morgan fingerprint density at radius 1 is 0.515 bits per heavy atom. The summed E-state index contributed by atoms with van der Waals surface area (Å²) < 4.78 is 82.7. The number of ether oxygens (including phenoxy) is 8. The first-order chi connectivity index (χ1) is 32.9. The Kier molecular flexibility index (Phi) is 18.8. The lowest BCUT2D eigenvalue weighted by molar-refractivity contribution is -0.274. The van der Waals surface area contributed by atoms with Gasteiger partial charge in [0.2, 0.25) is 0 Å². The quantitative estimate of drug-likeness (QED) is 0.0349. The minimum atomic E-state index is -4.87. The first-order valence-corrected chi connectivity index (χ1v) is 22.9. The van der Waals surface area contributed by atoms with Crippen molar-refractivity contribution in [1.29, 1.82) is 0 Å². The molecule has 5 aromatic carbocycles. The number of hydrogen-bond donors (Lipinski definition) is 0. The molecule has 12 nitrogen and oxygen atoms in total. The van der Waals surface area contributed by atoms with Crippen LogP contribution in [-0.4, -0.2) is 62.3 Å². The average molecular weight is 941 g/mol. The van der Waals surface area contributed by atoms with Crippen LogP contribution in [0.4, 0.5) is 13.2 Å². The van der Waals surface area contributed by atoms with Crippen LogP contribution in [0.3, 0.4) is 0 Å². The Morgan fingerprint density at radius 2 is 0.941 bits per heavy atom. The maximum Gasteiger partial charge on any atom is 0.573 e. The highest BCUT2D eigenvalue weighted by molar-refractivity contribution is 5.95. The second kappa shape index (κ2) is 25.3. The van der Waals surface area contributed by atoms with Crippen molar-refractivity contribution in [2.24, 2.45) is 0 Å². The van der Waals surface area contributed by atoms with Crippen molar-refractivity contribution < 1.29 is 70.2 Å². The van der Waals surface area contributed by atoms with E-state index in [1.807, 2.05) is 0 Å². The molecular formula is C53H55F3O12. The molecule has 0 bridgehead atoms. The van der Waals surface area contributed by atoms with Gasteiger partial charge >= 0.3 is 30.2 Å². The number of carbonyl (C=O) groups excluding carboxylic acids is 4. The van der Waals surface area contributed by atoms with E-state index in [1.54, 1.807) is 48.5 Å². The van der Waals surface area contributed by atoms with Crippen LogP contribution in [0.1, 0.15) is 131 Å². The lowest BCUT2D eigenvalue weighted by Crippen LogP contribution is -2.42. The van der Waals surface area contributed by atoms with E-state index in [9.17, 15) is 32.3 Å². The summed E-state index contributed by atoms with van der Waals surface area (Å²) in [4.78, 5) is 52.6. The topological polar surface area (TPSA) is 142 Å². The van der Waals surface area contributed by atoms with Crippen LogP contribution in [-0.2, 0) is 14.2 Å². The molecule has 0 radical (unpaired) electrons. The van der Waals surface area contributed by atoms with Crippen LogP contribution in [0.5, 0.6) is 28.7 Å². The summed E-state index contributed by atoms with van der Waals surface area (Å²) in [7, 11) is 0. The number of rotatable bonds is 23. The maximum absolute atomic E-state index is 13.5. The Bertz CT molecular complexity index is 2370. The van der Waals surface area contributed by atoms with Crippen molar-refractivity contribution in [3.8, 4) is 28.7 Å². The minimum absolute atomic E-state index is 0.112. The molecule has 0 aromatic heterocycles. The molecule has 1 fully saturated rings. The van der Waals surface area contributed by atoms with Gasteiger partial charge in [0, 0.05) is 0 Å². The lowest BCUT2D eigenvalue weighted by atomic mass is 9.96. The molecule has 15 heteroatoms. The molecule has 0 amide bonds. The second-order valence-corrected chi connectivity index (χ2v) is 16.1. The Balaban J connectivity index is 1.05. The van der Waals surface area contributed by atoms with Crippen LogP contribution < -0.4 is 23.7 Å². The van der Waals surface area contributed by atoms with Gasteiger partial charge in [0.05, 0.1) is 41.6 Å². The summed E-state index contributed by atoms with van der Waals surface area (Å²) in [6.45, 7) is 5.11. The smallest absolute Gasteiger partial charge is 0.494 e. The first kappa shape index (κ1) is 50.5. The third-order valence-corrected chi connectivity index (χ3v) is 10.9. The summed E-state index contributed by atoms with van der Waals surface area (Å²) in [5.41, 5.74) is 1.13. The molecule has 6 rings (SSSR count). The number of unbranched alkanes of at least 4 members (excludes halogenated alkanes) is 6. The van der Waals surface area contributed by atoms with Gasteiger partial charge in [0.15, 0.2) is 0 Å². The zero-order valence-electron chi connectivity index (χ0n) is 38.0. The third kappa shape index (κ3) is 15.9. The number of benzene rings is 5. The van der Waals surface area contributed by atoms with E-state index in [-0.39, 0.29) is 35.3 Å². The molecule has 0 aliphatic carbocycles. The van der Waals surface area contributed by atoms with Crippen LogP contribution in [0, 0.1) is 0 Å². The van der Waals surface area contributed by atoms with Gasteiger partial charge in [-0.2, -0.15) is 0 Å². The van der Waals surface area contributed by atoms with Gasteiger partial charge in [-0.05, 0) is 140 Å². The van der Waals surface area contributed by atoms with Gasteiger partial charge in [-0.15, -0.1) is 13.2 Å². The molecule has 360 valence electrons. The van der Waals surface area contributed by atoms with E-state index in [1.165, 1.54) is 60.7 Å². The molecule has 1 aliphatic rings. The van der Waals surface area contributed by atoms with Gasteiger partial charge in [0.1, 0.15) is 47.6 Å².